The molecule has 1 fully saturated rings. The van der Waals surface area contributed by atoms with Gasteiger partial charge in [-0.3, -0.25) is 0 Å². The van der Waals surface area contributed by atoms with Crippen molar-refractivity contribution in [3.63, 3.8) is 0 Å². The molecule has 0 aromatic heterocycles. The fourth-order valence-electron chi connectivity index (χ4n) is 2.37. The number of halogens is 1. The van der Waals surface area contributed by atoms with Gasteiger partial charge in [-0.1, -0.05) is 6.92 Å². The van der Waals surface area contributed by atoms with Crippen molar-refractivity contribution in [3.8, 4) is 0 Å². The average Bonchev–Trinajstić information content (AvgIpc) is 2.71. The lowest BCUT2D eigenvalue weighted by atomic mass is 9.90. The Morgan fingerprint density at radius 2 is 2.16 bits per heavy atom. The molecule has 6 heteroatoms. The second-order valence-electron chi connectivity index (χ2n) is 5.57. The SMILES string of the molecule is CC1(CN)CCN(c2ccc(S(C)(=O)=O)cc2F)C1. The zero-order valence-corrected chi connectivity index (χ0v) is 12.0. The Morgan fingerprint density at radius 3 is 2.63 bits per heavy atom. The van der Waals surface area contributed by atoms with Crippen LogP contribution in [0.25, 0.3) is 0 Å². The summed E-state index contributed by atoms with van der Waals surface area (Å²) in [7, 11) is -3.37. The molecular weight excluding hydrogens is 267 g/mol. The highest BCUT2D eigenvalue weighted by Gasteiger charge is 2.33. The first kappa shape index (κ1) is 14.3. The fraction of sp³-hybridized carbons (Fsp3) is 0.538. The van der Waals surface area contributed by atoms with Gasteiger partial charge >= 0.3 is 0 Å². The largest absolute Gasteiger partial charge is 0.369 e. The molecule has 1 heterocycles. The van der Waals surface area contributed by atoms with Gasteiger partial charge in [-0.25, -0.2) is 12.8 Å². The Labute approximate surface area is 113 Å². The van der Waals surface area contributed by atoms with Crippen LogP contribution in [0, 0.1) is 11.2 Å². The van der Waals surface area contributed by atoms with Gasteiger partial charge in [-0.15, -0.1) is 0 Å². The molecule has 1 atom stereocenters. The smallest absolute Gasteiger partial charge is 0.175 e. The van der Waals surface area contributed by atoms with Gasteiger partial charge in [-0.2, -0.15) is 0 Å². The van der Waals surface area contributed by atoms with Crippen molar-refractivity contribution < 1.29 is 12.8 Å². The zero-order valence-electron chi connectivity index (χ0n) is 11.2. The minimum absolute atomic E-state index is 0.00193. The van der Waals surface area contributed by atoms with E-state index < -0.39 is 15.7 Å². The van der Waals surface area contributed by atoms with Crippen LogP contribution in [-0.4, -0.2) is 34.3 Å². The van der Waals surface area contributed by atoms with Gasteiger partial charge in [0.05, 0.1) is 10.6 Å². The van der Waals surface area contributed by atoms with Crippen LogP contribution in [0.15, 0.2) is 23.1 Å². The van der Waals surface area contributed by atoms with Crippen LogP contribution in [0.4, 0.5) is 10.1 Å². The number of sulfone groups is 1. The molecule has 1 aliphatic heterocycles. The summed E-state index contributed by atoms with van der Waals surface area (Å²) in [5.74, 6) is -0.496. The molecule has 0 bridgehead atoms. The zero-order chi connectivity index (χ0) is 14.3. The van der Waals surface area contributed by atoms with Crippen molar-refractivity contribution in [2.45, 2.75) is 18.2 Å². The molecule has 2 rings (SSSR count). The molecule has 1 aromatic rings. The quantitative estimate of drug-likeness (QED) is 0.912. The van der Waals surface area contributed by atoms with E-state index >= 15 is 0 Å². The van der Waals surface area contributed by atoms with E-state index in [0.717, 1.165) is 25.3 Å². The van der Waals surface area contributed by atoms with Crippen molar-refractivity contribution in [1.29, 1.82) is 0 Å². The molecule has 0 spiro atoms. The minimum Gasteiger partial charge on any atom is -0.369 e. The first-order valence-corrected chi connectivity index (χ1v) is 8.09. The number of rotatable bonds is 3. The molecule has 0 saturated carbocycles. The standard InChI is InChI=1S/C13H19FN2O2S/c1-13(8-15)5-6-16(9-13)12-4-3-10(7-11(12)14)19(2,17)18/h3-4,7H,5-6,8-9,15H2,1-2H3. The second-order valence-corrected chi connectivity index (χ2v) is 7.59. The Kier molecular flexibility index (Phi) is 3.57. The molecular formula is C13H19FN2O2S. The van der Waals surface area contributed by atoms with E-state index in [0.29, 0.717) is 18.8 Å². The summed E-state index contributed by atoms with van der Waals surface area (Å²) in [4.78, 5) is 1.93. The highest BCUT2D eigenvalue weighted by atomic mass is 32.2. The summed E-state index contributed by atoms with van der Waals surface area (Å²) in [5, 5.41) is 0. The maximum Gasteiger partial charge on any atom is 0.175 e. The van der Waals surface area contributed by atoms with E-state index in [1.165, 1.54) is 12.1 Å². The van der Waals surface area contributed by atoms with Crippen molar-refractivity contribution in [1.82, 2.24) is 0 Å². The van der Waals surface area contributed by atoms with Crippen LogP contribution in [-0.2, 0) is 9.84 Å². The van der Waals surface area contributed by atoms with Crippen LogP contribution >= 0.6 is 0 Å². The third kappa shape index (κ3) is 2.90. The normalized spacial score (nSPS) is 23.9. The predicted octanol–water partition coefficient (Wildman–Crippen LogP) is 1.40. The van der Waals surface area contributed by atoms with Gasteiger partial charge in [-0.05, 0) is 36.6 Å². The van der Waals surface area contributed by atoms with Gasteiger partial charge in [0, 0.05) is 19.3 Å². The molecule has 2 N–H and O–H groups in total. The minimum atomic E-state index is -3.37. The van der Waals surface area contributed by atoms with E-state index in [4.69, 9.17) is 5.73 Å². The van der Waals surface area contributed by atoms with E-state index in [1.54, 1.807) is 0 Å². The van der Waals surface area contributed by atoms with Crippen molar-refractivity contribution in [2.24, 2.45) is 11.1 Å². The number of anilines is 1. The molecule has 106 valence electrons. The summed E-state index contributed by atoms with van der Waals surface area (Å²) in [5.41, 5.74) is 6.18. The molecule has 1 saturated heterocycles. The molecule has 4 nitrogen and oxygen atoms in total. The maximum absolute atomic E-state index is 14.1. The number of hydrogen-bond acceptors (Lipinski definition) is 4. The maximum atomic E-state index is 14.1. The van der Waals surface area contributed by atoms with Crippen LogP contribution in [0.1, 0.15) is 13.3 Å². The number of nitrogens with zero attached hydrogens (tertiary/aromatic N) is 1. The number of hydrogen-bond donors (Lipinski definition) is 1. The van der Waals surface area contributed by atoms with Gasteiger partial charge in [0.1, 0.15) is 5.82 Å². The van der Waals surface area contributed by atoms with E-state index in [9.17, 15) is 12.8 Å². The summed E-state index contributed by atoms with van der Waals surface area (Å²) in [6.45, 7) is 4.07. The number of benzene rings is 1. The second kappa shape index (κ2) is 4.76. The van der Waals surface area contributed by atoms with Crippen LogP contribution < -0.4 is 10.6 Å². The van der Waals surface area contributed by atoms with Crippen molar-refractivity contribution in [2.75, 3.05) is 30.8 Å². The summed E-state index contributed by atoms with van der Waals surface area (Å²) in [6, 6.07) is 4.07. The van der Waals surface area contributed by atoms with Gasteiger partial charge in [0.2, 0.25) is 0 Å². The third-order valence-electron chi connectivity index (χ3n) is 3.74. The summed E-state index contributed by atoms with van der Waals surface area (Å²) >= 11 is 0. The fourth-order valence-corrected chi connectivity index (χ4v) is 3.00. The van der Waals surface area contributed by atoms with Crippen LogP contribution in [0.5, 0.6) is 0 Å². The molecule has 0 aliphatic carbocycles. The van der Waals surface area contributed by atoms with Gasteiger partial charge in [0.15, 0.2) is 9.84 Å². The predicted molar refractivity (Wildman–Crippen MR) is 73.5 cm³/mol. The highest BCUT2D eigenvalue weighted by Crippen LogP contribution is 2.34. The van der Waals surface area contributed by atoms with Crippen LogP contribution in [0.3, 0.4) is 0 Å². The average molecular weight is 286 g/mol. The summed E-state index contributed by atoms with van der Waals surface area (Å²) in [6.07, 6.45) is 1.99. The lowest BCUT2D eigenvalue weighted by Gasteiger charge is -2.24. The topological polar surface area (TPSA) is 63.4 Å². The van der Waals surface area contributed by atoms with E-state index in [1.807, 2.05) is 4.90 Å². The molecule has 1 aromatic carbocycles. The van der Waals surface area contributed by atoms with Gasteiger partial charge < -0.3 is 10.6 Å². The van der Waals surface area contributed by atoms with E-state index in [2.05, 4.69) is 6.92 Å². The highest BCUT2D eigenvalue weighted by molar-refractivity contribution is 7.90. The van der Waals surface area contributed by atoms with Crippen molar-refractivity contribution >= 4 is 15.5 Å². The Balaban J connectivity index is 2.29. The molecule has 1 aliphatic rings. The van der Waals surface area contributed by atoms with Crippen LogP contribution in [0.2, 0.25) is 0 Å². The van der Waals surface area contributed by atoms with E-state index in [-0.39, 0.29) is 10.3 Å². The molecule has 1 unspecified atom stereocenters. The molecule has 0 radical (unpaired) electrons. The number of nitrogens with two attached hydrogens (primary N) is 1. The molecule has 19 heavy (non-hydrogen) atoms. The Morgan fingerprint density at radius 1 is 1.47 bits per heavy atom. The first-order chi connectivity index (χ1) is 8.75. The lowest BCUT2D eigenvalue weighted by molar-refractivity contribution is 0.383. The molecule has 0 amide bonds. The van der Waals surface area contributed by atoms with Crippen molar-refractivity contribution in [3.05, 3.63) is 24.0 Å². The Bertz CT molecular complexity index is 588. The lowest BCUT2D eigenvalue weighted by Crippen LogP contribution is -2.31. The van der Waals surface area contributed by atoms with Gasteiger partial charge in [0.25, 0.3) is 0 Å². The first-order valence-electron chi connectivity index (χ1n) is 6.20. The monoisotopic (exact) mass is 286 g/mol. The Hall–Kier alpha value is -1.14. The third-order valence-corrected chi connectivity index (χ3v) is 4.85. The summed E-state index contributed by atoms with van der Waals surface area (Å²) < 4.78 is 36.8.